The molecule has 1 aromatic carbocycles. The van der Waals surface area contributed by atoms with E-state index in [4.69, 9.17) is 10.5 Å². The standard InChI is InChI=1S/C16H28N2O/c1-13(2)12-19-10-9-18(14(3)4)11-15-7-5-6-8-16(15)17/h5-8,13-14H,9-12,17H2,1-4H3. The smallest absolute Gasteiger partial charge is 0.0593 e. The van der Waals surface area contributed by atoms with Gasteiger partial charge in [0.2, 0.25) is 0 Å². The molecule has 0 aromatic heterocycles. The van der Waals surface area contributed by atoms with Crippen LogP contribution in [0.3, 0.4) is 0 Å². The molecule has 0 unspecified atom stereocenters. The summed E-state index contributed by atoms with van der Waals surface area (Å²) in [4.78, 5) is 2.39. The van der Waals surface area contributed by atoms with E-state index in [-0.39, 0.29) is 0 Å². The molecule has 0 radical (unpaired) electrons. The van der Waals surface area contributed by atoms with Crippen molar-refractivity contribution in [3.8, 4) is 0 Å². The second kappa shape index (κ2) is 8.18. The van der Waals surface area contributed by atoms with Gasteiger partial charge in [-0.1, -0.05) is 32.0 Å². The van der Waals surface area contributed by atoms with Gasteiger partial charge in [0, 0.05) is 31.4 Å². The molecule has 0 aliphatic rings. The zero-order valence-corrected chi connectivity index (χ0v) is 12.7. The maximum Gasteiger partial charge on any atom is 0.0593 e. The van der Waals surface area contributed by atoms with E-state index in [1.54, 1.807) is 0 Å². The van der Waals surface area contributed by atoms with Gasteiger partial charge in [0.15, 0.2) is 0 Å². The molecule has 0 fully saturated rings. The Balaban J connectivity index is 2.47. The Morgan fingerprint density at radius 3 is 2.42 bits per heavy atom. The van der Waals surface area contributed by atoms with Crippen molar-refractivity contribution in [1.82, 2.24) is 4.90 Å². The third kappa shape index (κ3) is 6.08. The van der Waals surface area contributed by atoms with Gasteiger partial charge in [0.25, 0.3) is 0 Å². The van der Waals surface area contributed by atoms with Crippen molar-refractivity contribution in [2.45, 2.75) is 40.3 Å². The lowest BCUT2D eigenvalue weighted by atomic mass is 10.1. The van der Waals surface area contributed by atoms with Crippen LogP contribution in [0.15, 0.2) is 24.3 Å². The number of nitrogen functional groups attached to an aromatic ring is 1. The molecular weight excluding hydrogens is 236 g/mol. The Bertz CT molecular complexity index is 364. The average molecular weight is 264 g/mol. The molecule has 0 bridgehead atoms. The van der Waals surface area contributed by atoms with Gasteiger partial charge in [-0.15, -0.1) is 0 Å². The van der Waals surface area contributed by atoms with Gasteiger partial charge in [0.05, 0.1) is 6.61 Å². The largest absolute Gasteiger partial charge is 0.398 e. The summed E-state index contributed by atoms with van der Waals surface area (Å²) < 4.78 is 5.67. The number of hydrogen-bond acceptors (Lipinski definition) is 3. The first-order valence-corrected chi connectivity index (χ1v) is 7.16. The Labute approximate surface area is 117 Å². The van der Waals surface area contributed by atoms with Crippen molar-refractivity contribution < 1.29 is 4.74 Å². The summed E-state index contributed by atoms with van der Waals surface area (Å²) >= 11 is 0. The minimum absolute atomic E-state index is 0.488. The van der Waals surface area contributed by atoms with Crippen LogP contribution in [-0.2, 0) is 11.3 Å². The minimum atomic E-state index is 0.488. The van der Waals surface area contributed by atoms with Gasteiger partial charge in [-0.2, -0.15) is 0 Å². The van der Waals surface area contributed by atoms with Crippen LogP contribution in [0, 0.1) is 5.92 Å². The van der Waals surface area contributed by atoms with E-state index in [9.17, 15) is 0 Å². The number of ether oxygens (including phenoxy) is 1. The van der Waals surface area contributed by atoms with Gasteiger partial charge < -0.3 is 10.5 Å². The summed E-state index contributed by atoms with van der Waals surface area (Å²) in [7, 11) is 0. The zero-order valence-electron chi connectivity index (χ0n) is 12.7. The Morgan fingerprint density at radius 2 is 1.84 bits per heavy atom. The molecule has 108 valence electrons. The van der Waals surface area contributed by atoms with Crippen molar-refractivity contribution in [3.63, 3.8) is 0 Å². The van der Waals surface area contributed by atoms with Gasteiger partial charge in [-0.25, -0.2) is 0 Å². The molecule has 0 aliphatic heterocycles. The summed E-state index contributed by atoms with van der Waals surface area (Å²) in [6, 6.07) is 8.56. The molecule has 0 heterocycles. The van der Waals surface area contributed by atoms with Crippen LogP contribution in [0.1, 0.15) is 33.3 Å². The molecular formula is C16H28N2O. The quantitative estimate of drug-likeness (QED) is 0.579. The Kier molecular flexibility index (Phi) is 6.89. The highest BCUT2D eigenvalue weighted by Gasteiger charge is 2.11. The molecule has 0 spiro atoms. The molecule has 19 heavy (non-hydrogen) atoms. The SMILES string of the molecule is CC(C)COCCN(Cc1ccccc1N)C(C)C. The maximum atomic E-state index is 6.01. The number of rotatable bonds is 8. The van der Waals surface area contributed by atoms with E-state index in [2.05, 4.69) is 38.7 Å². The Morgan fingerprint density at radius 1 is 1.16 bits per heavy atom. The van der Waals surface area contributed by atoms with Crippen molar-refractivity contribution in [1.29, 1.82) is 0 Å². The monoisotopic (exact) mass is 264 g/mol. The van der Waals surface area contributed by atoms with E-state index in [1.165, 1.54) is 5.56 Å². The van der Waals surface area contributed by atoms with Crippen LogP contribution >= 0.6 is 0 Å². The van der Waals surface area contributed by atoms with Gasteiger partial charge >= 0.3 is 0 Å². The average Bonchev–Trinajstić information content (AvgIpc) is 2.34. The fourth-order valence-corrected chi connectivity index (χ4v) is 1.92. The van der Waals surface area contributed by atoms with Crippen molar-refractivity contribution in [3.05, 3.63) is 29.8 Å². The van der Waals surface area contributed by atoms with E-state index in [0.29, 0.717) is 12.0 Å². The third-order valence-corrected chi connectivity index (χ3v) is 3.13. The van der Waals surface area contributed by atoms with E-state index in [0.717, 1.165) is 32.0 Å². The molecule has 3 nitrogen and oxygen atoms in total. The fraction of sp³-hybridized carbons (Fsp3) is 0.625. The second-order valence-electron chi connectivity index (χ2n) is 5.73. The molecule has 0 aliphatic carbocycles. The van der Waals surface area contributed by atoms with Gasteiger partial charge in [-0.3, -0.25) is 4.90 Å². The molecule has 0 saturated heterocycles. The first kappa shape index (κ1) is 16.0. The summed E-state index contributed by atoms with van der Waals surface area (Å²) in [6.07, 6.45) is 0. The van der Waals surface area contributed by atoms with Crippen LogP contribution in [0.25, 0.3) is 0 Å². The first-order valence-electron chi connectivity index (χ1n) is 7.16. The second-order valence-corrected chi connectivity index (χ2v) is 5.73. The molecule has 1 aromatic rings. The van der Waals surface area contributed by atoms with Crippen LogP contribution in [0.5, 0.6) is 0 Å². The number of para-hydroxylation sites is 1. The number of hydrogen-bond donors (Lipinski definition) is 1. The maximum absolute atomic E-state index is 6.01. The number of nitrogens with two attached hydrogens (primary N) is 1. The summed E-state index contributed by atoms with van der Waals surface area (Å²) in [6.45, 7) is 12.2. The summed E-state index contributed by atoms with van der Waals surface area (Å²) in [5.74, 6) is 0.595. The summed E-state index contributed by atoms with van der Waals surface area (Å²) in [5.41, 5.74) is 8.07. The normalized spacial score (nSPS) is 11.7. The van der Waals surface area contributed by atoms with Crippen LogP contribution in [0.4, 0.5) is 5.69 Å². The first-order chi connectivity index (χ1) is 9.00. The highest BCUT2D eigenvalue weighted by molar-refractivity contribution is 5.46. The molecule has 0 amide bonds. The van der Waals surface area contributed by atoms with Crippen LogP contribution < -0.4 is 5.73 Å². The Hall–Kier alpha value is -1.06. The van der Waals surface area contributed by atoms with E-state index >= 15 is 0 Å². The summed E-state index contributed by atoms with van der Waals surface area (Å²) in [5, 5.41) is 0. The number of nitrogens with zero attached hydrogens (tertiary/aromatic N) is 1. The number of anilines is 1. The minimum Gasteiger partial charge on any atom is -0.398 e. The highest BCUT2D eigenvalue weighted by Crippen LogP contribution is 2.14. The van der Waals surface area contributed by atoms with Gasteiger partial charge in [0.1, 0.15) is 0 Å². The van der Waals surface area contributed by atoms with Gasteiger partial charge in [-0.05, 0) is 31.4 Å². The predicted molar refractivity (Wildman–Crippen MR) is 82.1 cm³/mol. The zero-order chi connectivity index (χ0) is 14.3. The van der Waals surface area contributed by atoms with Crippen LogP contribution in [-0.4, -0.2) is 30.7 Å². The third-order valence-electron chi connectivity index (χ3n) is 3.13. The topological polar surface area (TPSA) is 38.5 Å². The van der Waals surface area contributed by atoms with Crippen molar-refractivity contribution in [2.75, 3.05) is 25.5 Å². The van der Waals surface area contributed by atoms with Crippen molar-refractivity contribution in [2.24, 2.45) is 5.92 Å². The lowest BCUT2D eigenvalue weighted by molar-refractivity contribution is 0.0741. The molecule has 0 atom stereocenters. The lowest BCUT2D eigenvalue weighted by Crippen LogP contribution is -2.34. The van der Waals surface area contributed by atoms with Crippen LogP contribution in [0.2, 0.25) is 0 Å². The molecule has 1 rings (SSSR count). The van der Waals surface area contributed by atoms with E-state index < -0.39 is 0 Å². The fourth-order valence-electron chi connectivity index (χ4n) is 1.92. The predicted octanol–water partition coefficient (Wildman–Crippen LogP) is 3.15. The molecule has 2 N–H and O–H groups in total. The lowest BCUT2D eigenvalue weighted by Gasteiger charge is -2.27. The number of benzene rings is 1. The highest BCUT2D eigenvalue weighted by atomic mass is 16.5. The molecule has 0 saturated carbocycles. The van der Waals surface area contributed by atoms with Crippen molar-refractivity contribution >= 4 is 5.69 Å². The van der Waals surface area contributed by atoms with E-state index in [1.807, 2.05) is 18.2 Å². The molecule has 3 heteroatoms.